The first-order valence-electron chi connectivity index (χ1n) is 18.3. The number of rotatable bonds is 10. The standard InChI is InChI=1S/C43H35N7O6/c51-38(27-56-32-19-16-29(17-20-32)40(52)34-25-30-13-10-22-44-41(30)46-39(34)28-11-4-3-5-12-28)47-49-42(45-35-15-7-6-14-33(35)43(49)53)31-18-21-36(37(26-31)50(54)55)48-23-8-1-2-9-24-48/h3-7,10-22,25-26H,1-2,8-9,23-24,27H2,(H,47,51). The SMILES string of the molecule is O=C(COc1ccc(C(=O)c2cc3cccnc3nc2-c2ccccc2)cc1)Nn1c(-c2ccc(N3CCCCCC3)c([N+](=O)[O-])c2)nc2ccccc2c1=O. The quantitative estimate of drug-likeness (QED) is 0.0852. The molecule has 0 saturated carbocycles. The summed E-state index contributed by atoms with van der Waals surface area (Å²) >= 11 is 0. The molecule has 1 aliphatic rings. The van der Waals surface area contributed by atoms with Gasteiger partial charge >= 0.3 is 0 Å². The average molecular weight is 746 g/mol. The van der Waals surface area contributed by atoms with Crippen LogP contribution in [0.3, 0.4) is 0 Å². The van der Waals surface area contributed by atoms with E-state index >= 15 is 0 Å². The van der Waals surface area contributed by atoms with Crippen molar-refractivity contribution in [1.29, 1.82) is 0 Å². The molecule has 0 unspecified atom stereocenters. The summed E-state index contributed by atoms with van der Waals surface area (Å²) in [6.07, 6.45) is 5.68. The Labute approximate surface area is 320 Å². The molecule has 1 aliphatic heterocycles. The first-order valence-corrected chi connectivity index (χ1v) is 18.3. The molecule has 278 valence electrons. The molecular formula is C43H35N7O6. The lowest BCUT2D eigenvalue weighted by Gasteiger charge is -2.23. The zero-order valence-electron chi connectivity index (χ0n) is 30.1. The molecule has 1 N–H and O–H groups in total. The van der Waals surface area contributed by atoms with Crippen LogP contribution < -0.4 is 20.6 Å². The van der Waals surface area contributed by atoms with Crippen molar-refractivity contribution in [3.8, 4) is 28.4 Å². The number of hydrogen-bond donors (Lipinski definition) is 1. The number of carbonyl (C=O) groups is 2. The number of ketones is 1. The van der Waals surface area contributed by atoms with Crippen molar-refractivity contribution >= 4 is 45.0 Å². The van der Waals surface area contributed by atoms with Gasteiger partial charge in [0.1, 0.15) is 11.4 Å². The summed E-state index contributed by atoms with van der Waals surface area (Å²) in [5.74, 6) is -0.583. The number of pyridine rings is 2. The van der Waals surface area contributed by atoms with Crippen LogP contribution in [-0.2, 0) is 4.79 Å². The van der Waals surface area contributed by atoms with E-state index in [4.69, 9.17) is 9.72 Å². The molecule has 0 bridgehead atoms. The zero-order valence-corrected chi connectivity index (χ0v) is 30.1. The van der Waals surface area contributed by atoms with Gasteiger partial charge in [0.05, 0.1) is 21.5 Å². The second-order valence-electron chi connectivity index (χ2n) is 13.4. The molecule has 3 aromatic heterocycles. The molecule has 8 rings (SSSR count). The maximum Gasteiger partial charge on any atom is 0.293 e. The normalized spacial score (nSPS) is 13.0. The van der Waals surface area contributed by atoms with Gasteiger partial charge < -0.3 is 9.64 Å². The number of fused-ring (bicyclic) bond motifs is 2. The Balaban J connectivity index is 1.03. The Morgan fingerprint density at radius 2 is 1.55 bits per heavy atom. The predicted octanol–water partition coefficient (Wildman–Crippen LogP) is 7.34. The first-order chi connectivity index (χ1) is 27.3. The van der Waals surface area contributed by atoms with Crippen LogP contribution >= 0.6 is 0 Å². The third-order valence-corrected chi connectivity index (χ3v) is 9.76. The fourth-order valence-electron chi connectivity index (χ4n) is 6.98. The molecule has 1 fully saturated rings. The molecule has 56 heavy (non-hydrogen) atoms. The molecule has 0 radical (unpaired) electrons. The minimum atomic E-state index is -0.676. The van der Waals surface area contributed by atoms with E-state index in [9.17, 15) is 24.5 Å². The summed E-state index contributed by atoms with van der Waals surface area (Å²) in [7, 11) is 0. The number of benzene rings is 4. The minimum absolute atomic E-state index is 0.0317. The highest BCUT2D eigenvalue weighted by atomic mass is 16.6. The van der Waals surface area contributed by atoms with Crippen molar-refractivity contribution in [2.24, 2.45) is 0 Å². The van der Waals surface area contributed by atoms with Gasteiger partial charge in [0.15, 0.2) is 23.9 Å². The number of amides is 1. The number of para-hydroxylation sites is 1. The van der Waals surface area contributed by atoms with E-state index in [0.717, 1.165) is 41.3 Å². The van der Waals surface area contributed by atoms with Crippen LogP contribution in [0.2, 0.25) is 0 Å². The number of ether oxygens (including phenoxy) is 1. The van der Waals surface area contributed by atoms with Crippen LogP contribution in [0, 0.1) is 10.1 Å². The number of nitro benzene ring substituents is 1. The molecular weight excluding hydrogens is 711 g/mol. The number of aromatic nitrogens is 4. The molecule has 7 aromatic rings. The number of anilines is 1. The van der Waals surface area contributed by atoms with Gasteiger partial charge in [-0.1, -0.05) is 55.3 Å². The van der Waals surface area contributed by atoms with Crippen LogP contribution in [0.25, 0.3) is 44.6 Å². The Hall–Kier alpha value is -7.28. The first kappa shape index (κ1) is 35.7. The van der Waals surface area contributed by atoms with Gasteiger partial charge in [0.25, 0.3) is 17.2 Å². The third-order valence-electron chi connectivity index (χ3n) is 9.76. The fourth-order valence-corrected chi connectivity index (χ4v) is 6.98. The van der Waals surface area contributed by atoms with Gasteiger partial charge in [-0.3, -0.25) is 29.9 Å². The topological polar surface area (TPSA) is 162 Å². The Kier molecular flexibility index (Phi) is 9.95. The lowest BCUT2D eigenvalue weighted by molar-refractivity contribution is -0.384. The number of carbonyl (C=O) groups excluding carboxylic acids is 2. The third kappa shape index (κ3) is 7.29. The van der Waals surface area contributed by atoms with E-state index in [2.05, 4.69) is 15.4 Å². The van der Waals surface area contributed by atoms with Crippen LogP contribution in [0.1, 0.15) is 41.6 Å². The van der Waals surface area contributed by atoms with Gasteiger partial charge in [0, 0.05) is 53.0 Å². The van der Waals surface area contributed by atoms with Gasteiger partial charge in [0.2, 0.25) is 0 Å². The van der Waals surface area contributed by atoms with Crippen molar-refractivity contribution in [2.75, 3.05) is 30.0 Å². The Bertz CT molecular complexity index is 2670. The van der Waals surface area contributed by atoms with Gasteiger partial charge in [-0.2, -0.15) is 4.68 Å². The van der Waals surface area contributed by atoms with Gasteiger partial charge in [-0.05, 0) is 79.6 Å². The summed E-state index contributed by atoms with van der Waals surface area (Å²) in [5, 5.41) is 13.3. The highest BCUT2D eigenvalue weighted by Crippen LogP contribution is 2.34. The van der Waals surface area contributed by atoms with Crippen molar-refractivity contribution < 1.29 is 19.2 Å². The maximum atomic E-state index is 13.9. The van der Waals surface area contributed by atoms with Crippen LogP contribution in [0.15, 0.2) is 126 Å². The molecule has 0 spiro atoms. The number of nitrogens with one attached hydrogen (secondary N) is 1. The smallest absolute Gasteiger partial charge is 0.293 e. The molecule has 1 amide bonds. The highest BCUT2D eigenvalue weighted by Gasteiger charge is 2.24. The lowest BCUT2D eigenvalue weighted by Crippen LogP contribution is -2.37. The molecule has 4 aromatic carbocycles. The highest BCUT2D eigenvalue weighted by molar-refractivity contribution is 6.13. The number of hydrogen-bond acceptors (Lipinski definition) is 10. The molecule has 0 atom stereocenters. The minimum Gasteiger partial charge on any atom is -0.484 e. The summed E-state index contributed by atoms with van der Waals surface area (Å²) in [5.41, 5.74) is 5.70. The zero-order chi connectivity index (χ0) is 38.6. The van der Waals surface area contributed by atoms with E-state index in [1.54, 1.807) is 79.0 Å². The van der Waals surface area contributed by atoms with Crippen LogP contribution in [0.5, 0.6) is 5.75 Å². The number of nitro groups is 1. The second-order valence-corrected chi connectivity index (χ2v) is 13.4. The predicted molar refractivity (Wildman–Crippen MR) is 213 cm³/mol. The van der Waals surface area contributed by atoms with Crippen molar-refractivity contribution in [2.45, 2.75) is 25.7 Å². The summed E-state index contributed by atoms with van der Waals surface area (Å²) in [6, 6.07) is 32.7. The molecule has 1 saturated heterocycles. The largest absolute Gasteiger partial charge is 0.484 e. The molecule has 4 heterocycles. The van der Waals surface area contributed by atoms with Crippen molar-refractivity contribution in [3.05, 3.63) is 153 Å². The summed E-state index contributed by atoms with van der Waals surface area (Å²) in [4.78, 5) is 68.7. The summed E-state index contributed by atoms with van der Waals surface area (Å²) < 4.78 is 6.77. The monoisotopic (exact) mass is 745 g/mol. The van der Waals surface area contributed by atoms with Crippen molar-refractivity contribution in [1.82, 2.24) is 19.6 Å². The average Bonchev–Trinajstić information content (AvgIpc) is 3.53. The molecule has 13 nitrogen and oxygen atoms in total. The Morgan fingerprint density at radius 3 is 2.32 bits per heavy atom. The van der Waals surface area contributed by atoms with Crippen LogP contribution in [-0.4, -0.2) is 55.9 Å². The fraction of sp³-hybridized carbons (Fsp3) is 0.163. The number of nitrogens with zero attached hydrogens (tertiary/aromatic N) is 6. The molecule has 13 heteroatoms. The van der Waals surface area contributed by atoms with Gasteiger partial charge in [-0.25, -0.2) is 15.0 Å². The molecule has 0 aliphatic carbocycles. The van der Waals surface area contributed by atoms with E-state index in [-0.39, 0.29) is 28.2 Å². The van der Waals surface area contributed by atoms with E-state index < -0.39 is 23.0 Å². The van der Waals surface area contributed by atoms with E-state index in [1.165, 1.54) is 6.07 Å². The van der Waals surface area contributed by atoms with Crippen molar-refractivity contribution in [3.63, 3.8) is 0 Å². The van der Waals surface area contributed by atoms with Crippen LogP contribution in [0.4, 0.5) is 11.4 Å². The van der Waals surface area contributed by atoms with Gasteiger partial charge in [-0.15, -0.1) is 0 Å². The van der Waals surface area contributed by atoms with E-state index in [1.807, 2.05) is 41.3 Å². The lowest BCUT2D eigenvalue weighted by atomic mass is 9.97. The van der Waals surface area contributed by atoms with E-state index in [0.29, 0.717) is 52.5 Å². The Morgan fingerprint density at radius 1 is 0.804 bits per heavy atom. The maximum absolute atomic E-state index is 13.9. The summed E-state index contributed by atoms with van der Waals surface area (Å²) in [6.45, 7) is 0.937. The second kappa shape index (κ2) is 15.6.